The van der Waals surface area contributed by atoms with Crippen molar-refractivity contribution in [3.63, 3.8) is 0 Å². The van der Waals surface area contributed by atoms with Crippen molar-refractivity contribution in [1.29, 1.82) is 0 Å². The van der Waals surface area contributed by atoms with Gasteiger partial charge >= 0.3 is 0 Å². The Labute approximate surface area is 237 Å². The molecule has 10 heteroatoms. The lowest BCUT2D eigenvalue weighted by Crippen LogP contribution is -2.49. The minimum absolute atomic E-state index is 0.0517. The summed E-state index contributed by atoms with van der Waals surface area (Å²) in [5.41, 5.74) is 1.42. The Bertz CT molecular complexity index is 1120. The molecular weight excluding hydrogens is 512 g/mol. The van der Waals surface area contributed by atoms with Gasteiger partial charge in [0.25, 0.3) is 0 Å². The Morgan fingerprint density at radius 3 is 2.15 bits per heavy atom. The van der Waals surface area contributed by atoms with Crippen LogP contribution in [0.15, 0.2) is 36.4 Å². The number of carbonyl (C=O) groups is 2. The number of hydrogen-bond donors (Lipinski definition) is 1. The van der Waals surface area contributed by atoms with E-state index in [0.29, 0.717) is 41.7 Å². The molecule has 40 heavy (non-hydrogen) atoms. The Morgan fingerprint density at radius 2 is 1.57 bits per heavy atom. The Hall–Kier alpha value is -3.50. The van der Waals surface area contributed by atoms with Crippen LogP contribution in [0.25, 0.3) is 0 Å². The van der Waals surface area contributed by atoms with E-state index in [2.05, 4.69) is 22.2 Å². The number of piperidine rings is 1. The van der Waals surface area contributed by atoms with E-state index in [-0.39, 0.29) is 18.2 Å². The van der Waals surface area contributed by atoms with Crippen molar-refractivity contribution >= 4 is 17.5 Å². The summed E-state index contributed by atoms with van der Waals surface area (Å²) in [5.74, 6) is 1.46. The van der Waals surface area contributed by atoms with Crippen molar-refractivity contribution in [2.24, 2.45) is 5.92 Å². The third-order valence-corrected chi connectivity index (χ3v) is 7.87. The molecule has 2 aromatic carbocycles. The van der Waals surface area contributed by atoms with E-state index in [9.17, 15) is 9.59 Å². The summed E-state index contributed by atoms with van der Waals surface area (Å²) in [7, 11) is 8.38. The molecule has 0 spiro atoms. The number of nitrogens with one attached hydrogen (secondary N) is 1. The highest BCUT2D eigenvalue weighted by Gasteiger charge is 2.42. The lowest BCUT2D eigenvalue weighted by molar-refractivity contribution is -0.129. The number of methoxy groups -OCH3 is 4. The molecule has 2 atom stereocenters. The third-order valence-electron chi connectivity index (χ3n) is 7.87. The quantitative estimate of drug-likeness (QED) is 0.424. The van der Waals surface area contributed by atoms with Gasteiger partial charge < -0.3 is 39.0 Å². The van der Waals surface area contributed by atoms with Crippen LogP contribution in [0.3, 0.4) is 0 Å². The number of nitrogens with zero attached hydrogens (tertiary/aromatic N) is 3. The predicted octanol–water partition coefficient (Wildman–Crippen LogP) is 2.96. The van der Waals surface area contributed by atoms with Crippen molar-refractivity contribution in [2.45, 2.75) is 25.3 Å². The molecule has 0 radical (unpaired) electrons. The van der Waals surface area contributed by atoms with Crippen LogP contribution in [0.2, 0.25) is 0 Å². The summed E-state index contributed by atoms with van der Waals surface area (Å²) in [4.78, 5) is 33.7. The minimum Gasteiger partial charge on any atom is -0.497 e. The minimum atomic E-state index is -0.521. The lowest BCUT2D eigenvalue weighted by atomic mass is 9.83. The number of rotatable bonds is 11. The maximum atomic E-state index is 13.7. The first kappa shape index (κ1) is 29.5. The van der Waals surface area contributed by atoms with E-state index in [1.807, 2.05) is 24.3 Å². The van der Waals surface area contributed by atoms with E-state index in [4.69, 9.17) is 18.9 Å². The second kappa shape index (κ2) is 13.7. The first-order chi connectivity index (χ1) is 19.4. The molecule has 10 nitrogen and oxygen atoms in total. The van der Waals surface area contributed by atoms with Gasteiger partial charge in [-0.1, -0.05) is 12.1 Å². The summed E-state index contributed by atoms with van der Waals surface area (Å²) in [6, 6.07) is 10.5. The van der Waals surface area contributed by atoms with Crippen molar-refractivity contribution in [3.05, 3.63) is 42.0 Å². The van der Waals surface area contributed by atoms with Gasteiger partial charge in [0.2, 0.25) is 17.6 Å². The van der Waals surface area contributed by atoms with E-state index < -0.39 is 12.0 Å². The molecule has 1 N–H and O–H groups in total. The maximum absolute atomic E-state index is 13.7. The highest BCUT2D eigenvalue weighted by atomic mass is 16.5. The predicted molar refractivity (Wildman–Crippen MR) is 154 cm³/mol. The second-order valence-electron chi connectivity index (χ2n) is 10.3. The molecule has 0 bridgehead atoms. The number of anilines is 1. The number of piperazine rings is 1. The van der Waals surface area contributed by atoms with Crippen LogP contribution in [-0.2, 0) is 9.59 Å². The van der Waals surface area contributed by atoms with Crippen molar-refractivity contribution in [2.75, 3.05) is 79.7 Å². The summed E-state index contributed by atoms with van der Waals surface area (Å²) in [6.45, 7) is 5.80. The van der Waals surface area contributed by atoms with Crippen LogP contribution < -0.4 is 29.2 Å². The van der Waals surface area contributed by atoms with E-state index in [0.717, 1.165) is 44.7 Å². The van der Waals surface area contributed by atoms with Crippen LogP contribution in [-0.4, -0.2) is 96.4 Å². The normalized spacial score (nSPS) is 20.2. The van der Waals surface area contributed by atoms with Gasteiger partial charge in [0.15, 0.2) is 11.5 Å². The molecule has 2 fully saturated rings. The molecule has 4 rings (SSSR count). The number of benzene rings is 2. The Kier molecular flexibility index (Phi) is 10.1. The van der Waals surface area contributed by atoms with E-state index in [1.165, 1.54) is 7.11 Å². The largest absolute Gasteiger partial charge is 0.497 e. The van der Waals surface area contributed by atoms with Crippen LogP contribution >= 0.6 is 0 Å². The molecule has 2 aliphatic rings. The van der Waals surface area contributed by atoms with Gasteiger partial charge in [-0.2, -0.15) is 0 Å². The lowest BCUT2D eigenvalue weighted by Gasteiger charge is -2.41. The zero-order valence-electron chi connectivity index (χ0n) is 24.3. The highest BCUT2D eigenvalue weighted by molar-refractivity contribution is 5.98. The topological polar surface area (TPSA) is 92.8 Å². The second-order valence-corrected chi connectivity index (χ2v) is 10.3. The van der Waals surface area contributed by atoms with Gasteiger partial charge in [0.05, 0.1) is 46.1 Å². The number of likely N-dealkylation sites (N-methyl/N-ethyl adjacent to an activating group) is 1. The molecule has 0 aromatic heterocycles. The number of amides is 2. The first-order valence-electron chi connectivity index (χ1n) is 13.8. The van der Waals surface area contributed by atoms with Crippen molar-refractivity contribution in [1.82, 2.24) is 15.1 Å². The Morgan fingerprint density at radius 1 is 0.925 bits per heavy atom. The molecule has 2 unspecified atom stereocenters. The average molecular weight is 555 g/mol. The van der Waals surface area contributed by atoms with E-state index in [1.54, 1.807) is 38.4 Å². The summed E-state index contributed by atoms with van der Waals surface area (Å²) < 4.78 is 22.0. The van der Waals surface area contributed by atoms with Gasteiger partial charge in [-0.3, -0.25) is 9.59 Å². The number of ether oxygens (including phenoxy) is 4. The molecule has 2 aromatic rings. The van der Waals surface area contributed by atoms with Crippen molar-refractivity contribution < 1.29 is 28.5 Å². The molecule has 0 saturated carbocycles. The fourth-order valence-electron chi connectivity index (χ4n) is 5.58. The molecule has 2 heterocycles. The molecular formula is C30H42N4O6. The molecule has 2 saturated heterocycles. The monoisotopic (exact) mass is 554 g/mol. The summed E-state index contributed by atoms with van der Waals surface area (Å²) in [6.07, 6.45) is 1.59. The van der Waals surface area contributed by atoms with E-state index >= 15 is 0 Å². The van der Waals surface area contributed by atoms with Crippen LogP contribution in [0, 0.1) is 5.92 Å². The zero-order chi connectivity index (χ0) is 28.6. The third kappa shape index (κ3) is 6.62. The first-order valence-corrected chi connectivity index (χ1v) is 13.8. The summed E-state index contributed by atoms with van der Waals surface area (Å²) >= 11 is 0. The van der Waals surface area contributed by atoms with Crippen molar-refractivity contribution in [3.8, 4) is 23.0 Å². The molecule has 2 aliphatic heterocycles. The van der Waals surface area contributed by atoms with Gasteiger partial charge in [-0.05, 0) is 44.1 Å². The number of carbonyl (C=O) groups excluding carboxylic acids is 2. The fraction of sp³-hybridized carbons (Fsp3) is 0.533. The average Bonchev–Trinajstić information content (AvgIpc) is 2.99. The number of hydrogen-bond acceptors (Lipinski definition) is 8. The van der Waals surface area contributed by atoms with Gasteiger partial charge in [-0.25, -0.2) is 0 Å². The summed E-state index contributed by atoms with van der Waals surface area (Å²) in [5, 5.41) is 3.17. The smallest absolute Gasteiger partial charge is 0.227 e. The van der Waals surface area contributed by atoms with Crippen LogP contribution in [0.5, 0.6) is 23.0 Å². The van der Waals surface area contributed by atoms with Crippen LogP contribution in [0.1, 0.15) is 30.9 Å². The SMILES string of the molecule is COc1ccc(C2C(C(=O)NCCCN3CCN(C)CC3)CCC(=O)N2c2cc(OC)c(OC)c(OC)c2)cc1. The zero-order valence-corrected chi connectivity index (χ0v) is 24.3. The highest BCUT2D eigenvalue weighted by Crippen LogP contribution is 2.46. The molecule has 0 aliphatic carbocycles. The fourth-order valence-corrected chi connectivity index (χ4v) is 5.58. The van der Waals surface area contributed by atoms with Gasteiger partial charge in [0, 0.05) is 51.3 Å². The van der Waals surface area contributed by atoms with Gasteiger partial charge in [-0.15, -0.1) is 0 Å². The van der Waals surface area contributed by atoms with Gasteiger partial charge in [0.1, 0.15) is 5.75 Å². The Balaban J connectivity index is 1.59. The maximum Gasteiger partial charge on any atom is 0.227 e. The standard InChI is InChI=1S/C30H42N4O6/c1-32-15-17-33(18-16-32)14-6-13-31-30(36)24-11-12-27(35)34(28(24)21-7-9-23(37-2)10-8-21)22-19-25(38-3)29(40-5)26(20-22)39-4/h7-10,19-20,24,28H,6,11-18H2,1-5H3,(H,31,36). The van der Waals surface area contributed by atoms with Crippen LogP contribution in [0.4, 0.5) is 5.69 Å². The molecule has 2 amide bonds. The molecule has 218 valence electrons.